The molecule has 9 heteroatoms. The minimum atomic E-state index is -4.97. The Kier molecular flexibility index (Phi) is 5.41. The number of likely N-dealkylation sites (tertiary alicyclic amines) is 1. The number of carbonyl (C=O) groups is 1. The Labute approximate surface area is 189 Å². The minimum Gasteiger partial charge on any atom is -0.375 e. The molecule has 1 aliphatic carbocycles. The molecule has 0 unspecified atom stereocenters. The Morgan fingerprint density at radius 1 is 1.18 bits per heavy atom. The van der Waals surface area contributed by atoms with Gasteiger partial charge in [0.05, 0.1) is 4.92 Å². The summed E-state index contributed by atoms with van der Waals surface area (Å²) in [6.45, 7) is 6.07. The second kappa shape index (κ2) is 7.74. The summed E-state index contributed by atoms with van der Waals surface area (Å²) in [6.07, 6.45) is -4.53. The second-order valence-corrected chi connectivity index (χ2v) is 9.60. The van der Waals surface area contributed by atoms with Gasteiger partial charge >= 0.3 is 12.1 Å². The summed E-state index contributed by atoms with van der Waals surface area (Å²) in [5.41, 5.74) is 1.41. The number of rotatable bonds is 4. The Hall–Kier alpha value is -3.10. The van der Waals surface area contributed by atoms with Crippen LogP contribution >= 0.6 is 0 Å². The Bertz CT molecular complexity index is 1100. The molecule has 1 amide bonds. The summed E-state index contributed by atoms with van der Waals surface area (Å²) in [7, 11) is 0. The standard InChI is InChI=1S/C24H26F3N3O3/c1-22(2)19-13-16-17(23(22,3)11-12-29(19)21(31)24(25,26)27)9-10-18(30(32)33)20(16)28-14-15-7-5-4-6-8-15/h4-10,19,28H,11-14H2,1-3H3/t19-,23-/m0/s1. The van der Waals surface area contributed by atoms with Crippen LogP contribution in [0.3, 0.4) is 0 Å². The van der Waals surface area contributed by atoms with Crippen molar-refractivity contribution in [3.8, 4) is 0 Å². The van der Waals surface area contributed by atoms with Crippen molar-refractivity contribution in [2.45, 2.75) is 57.8 Å². The van der Waals surface area contributed by atoms with E-state index in [9.17, 15) is 28.1 Å². The molecular weight excluding hydrogens is 435 g/mol. The van der Waals surface area contributed by atoms with E-state index >= 15 is 0 Å². The van der Waals surface area contributed by atoms with Gasteiger partial charge in [-0.2, -0.15) is 13.2 Å². The fourth-order valence-corrected chi connectivity index (χ4v) is 5.53. The molecule has 1 aliphatic heterocycles. The molecule has 2 aliphatic rings. The molecule has 1 saturated heterocycles. The monoisotopic (exact) mass is 461 g/mol. The molecule has 33 heavy (non-hydrogen) atoms. The first-order chi connectivity index (χ1) is 15.4. The Morgan fingerprint density at radius 2 is 1.85 bits per heavy atom. The van der Waals surface area contributed by atoms with Crippen molar-refractivity contribution in [3.05, 3.63) is 69.3 Å². The van der Waals surface area contributed by atoms with Gasteiger partial charge in [0.2, 0.25) is 0 Å². The first-order valence-electron chi connectivity index (χ1n) is 10.8. The molecular formula is C24H26F3N3O3. The first kappa shape index (κ1) is 23.1. The van der Waals surface area contributed by atoms with E-state index in [2.05, 4.69) is 5.32 Å². The fourth-order valence-electron chi connectivity index (χ4n) is 5.53. The molecule has 0 aromatic heterocycles. The van der Waals surface area contributed by atoms with E-state index in [1.807, 2.05) is 51.1 Å². The number of nitrogens with zero attached hydrogens (tertiary/aromatic N) is 2. The van der Waals surface area contributed by atoms with Crippen LogP contribution in [0.5, 0.6) is 0 Å². The van der Waals surface area contributed by atoms with E-state index in [-0.39, 0.29) is 18.7 Å². The number of nitrogens with one attached hydrogen (secondary N) is 1. The number of hydrogen-bond donors (Lipinski definition) is 1. The molecule has 2 aromatic carbocycles. The summed E-state index contributed by atoms with van der Waals surface area (Å²) >= 11 is 0. The van der Waals surface area contributed by atoms with Crippen molar-refractivity contribution in [1.82, 2.24) is 4.90 Å². The maximum atomic E-state index is 13.4. The Balaban J connectivity index is 1.83. The van der Waals surface area contributed by atoms with Crippen LogP contribution in [0.15, 0.2) is 42.5 Å². The number of benzene rings is 2. The van der Waals surface area contributed by atoms with Gasteiger partial charge in [0.15, 0.2) is 0 Å². The highest BCUT2D eigenvalue weighted by molar-refractivity contribution is 5.83. The minimum absolute atomic E-state index is 0.00779. The van der Waals surface area contributed by atoms with E-state index in [0.29, 0.717) is 24.2 Å². The smallest absolute Gasteiger partial charge is 0.375 e. The van der Waals surface area contributed by atoms with Gasteiger partial charge in [-0.05, 0) is 34.9 Å². The quantitative estimate of drug-likeness (QED) is 0.501. The number of hydrogen-bond acceptors (Lipinski definition) is 4. The molecule has 0 saturated carbocycles. The van der Waals surface area contributed by atoms with Gasteiger partial charge in [-0.1, -0.05) is 57.2 Å². The first-order valence-corrected chi connectivity index (χ1v) is 10.8. The number of carbonyl (C=O) groups excluding carboxylic acids is 1. The number of nitro groups is 1. The molecule has 4 rings (SSSR count). The van der Waals surface area contributed by atoms with Crippen LogP contribution in [0, 0.1) is 15.5 Å². The molecule has 1 fully saturated rings. The van der Waals surface area contributed by atoms with Gasteiger partial charge in [-0.15, -0.1) is 0 Å². The van der Waals surface area contributed by atoms with Crippen LogP contribution < -0.4 is 5.32 Å². The van der Waals surface area contributed by atoms with Gasteiger partial charge < -0.3 is 10.2 Å². The lowest BCUT2D eigenvalue weighted by Crippen LogP contribution is -2.66. The van der Waals surface area contributed by atoms with Gasteiger partial charge in [0.25, 0.3) is 5.69 Å². The van der Waals surface area contributed by atoms with E-state index in [4.69, 9.17) is 0 Å². The van der Waals surface area contributed by atoms with E-state index < -0.39 is 33.9 Å². The largest absolute Gasteiger partial charge is 0.471 e. The highest BCUT2D eigenvalue weighted by Gasteiger charge is 2.60. The zero-order valence-electron chi connectivity index (χ0n) is 18.7. The van der Waals surface area contributed by atoms with Crippen molar-refractivity contribution in [3.63, 3.8) is 0 Å². The van der Waals surface area contributed by atoms with Crippen molar-refractivity contribution < 1.29 is 22.9 Å². The summed E-state index contributed by atoms with van der Waals surface area (Å²) in [6, 6.07) is 11.8. The number of anilines is 1. The highest BCUT2D eigenvalue weighted by Crippen LogP contribution is 2.58. The predicted molar refractivity (Wildman–Crippen MR) is 118 cm³/mol. The fraction of sp³-hybridized carbons (Fsp3) is 0.458. The number of amides is 1. The zero-order valence-corrected chi connectivity index (χ0v) is 18.7. The average molecular weight is 461 g/mol. The van der Waals surface area contributed by atoms with Gasteiger partial charge in [0.1, 0.15) is 5.69 Å². The summed E-state index contributed by atoms with van der Waals surface area (Å²) < 4.78 is 40.1. The second-order valence-electron chi connectivity index (χ2n) is 9.60. The zero-order chi connectivity index (χ0) is 24.2. The average Bonchev–Trinajstić information content (AvgIpc) is 2.74. The molecule has 2 aromatic rings. The number of piperidine rings is 1. The maximum Gasteiger partial charge on any atom is 0.471 e. The lowest BCUT2D eigenvalue weighted by atomic mass is 9.50. The van der Waals surface area contributed by atoms with Gasteiger partial charge in [0, 0.05) is 30.6 Å². The van der Waals surface area contributed by atoms with Crippen molar-refractivity contribution >= 4 is 17.3 Å². The maximum absolute atomic E-state index is 13.4. The topological polar surface area (TPSA) is 75.5 Å². The summed E-state index contributed by atoms with van der Waals surface area (Å²) in [4.78, 5) is 24.5. The molecule has 2 bridgehead atoms. The number of alkyl halides is 3. The molecule has 1 heterocycles. The summed E-state index contributed by atoms with van der Waals surface area (Å²) in [5, 5.41) is 15.0. The molecule has 1 N–H and O–H groups in total. The lowest BCUT2D eigenvalue weighted by molar-refractivity contribution is -0.384. The third-order valence-corrected chi connectivity index (χ3v) is 7.78. The van der Waals surface area contributed by atoms with Crippen LogP contribution in [0.1, 0.15) is 43.9 Å². The SMILES string of the molecule is CC1(C)[C@@H]2Cc3c(ccc([N+](=O)[O-])c3NCc3ccccc3)[C@]1(C)CCN2C(=O)C(F)(F)F. The van der Waals surface area contributed by atoms with Crippen LogP contribution in [0.2, 0.25) is 0 Å². The van der Waals surface area contributed by atoms with Crippen molar-refractivity contribution in [2.24, 2.45) is 5.41 Å². The molecule has 0 spiro atoms. The van der Waals surface area contributed by atoms with E-state index in [1.54, 1.807) is 6.07 Å². The third kappa shape index (κ3) is 3.63. The van der Waals surface area contributed by atoms with Crippen LogP contribution in [0.25, 0.3) is 0 Å². The van der Waals surface area contributed by atoms with Crippen LogP contribution in [0.4, 0.5) is 24.5 Å². The van der Waals surface area contributed by atoms with Crippen molar-refractivity contribution in [2.75, 3.05) is 11.9 Å². The number of fused-ring (bicyclic) bond motifs is 4. The molecule has 2 atom stereocenters. The lowest BCUT2D eigenvalue weighted by Gasteiger charge is -2.60. The van der Waals surface area contributed by atoms with Crippen LogP contribution in [-0.2, 0) is 23.2 Å². The van der Waals surface area contributed by atoms with E-state index in [1.165, 1.54) is 6.07 Å². The van der Waals surface area contributed by atoms with Gasteiger partial charge in [-0.25, -0.2) is 0 Å². The van der Waals surface area contributed by atoms with Crippen LogP contribution in [-0.4, -0.2) is 34.5 Å². The number of nitro benzene ring substituents is 1. The molecule has 6 nitrogen and oxygen atoms in total. The third-order valence-electron chi connectivity index (χ3n) is 7.78. The molecule has 176 valence electrons. The van der Waals surface area contributed by atoms with E-state index in [0.717, 1.165) is 16.0 Å². The number of halogens is 3. The van der Waals surface area contributed by atoms with Crippen molar-refractivity contribution in [1.29, 1.82) is 0 Å². The summed E-state index contributed by atoms with van der Waals surface area (Å²) in [5.74, 6) is -1.85. The normalized spacial score (nSPS) is 23.6. The van der Waals surface area contributed by atoms with Gasteiger partial charge in [-0.3, -0.25) is 14.9 Å². The molecule has 0 radical (unpaired) electrons. The highest BCUT2D eigenvalue weighted by atomic mass is 19.4. The predicted octanol–water partition coefficient (Wildman–Crippen LogP) is 5.21. The Morgan fingerprint density at radius 3 is 2.45 bits per heavy atom.